The summed E-state index contributed by atoms with van der Waals surface area (Å²) >= 11 is 6.49. The van der Waals surface area contributed by atoms with Gasteiger partial charge in [0.25, 0.3) is 5.91 Å². The van der Waals surface area contributed by atoms with Crippen LogP contribution in [0, 0.1) is 23.5 Å². The second-order valence-electron chi connectivity index (χ2n) is 9.64. The van der Waals surface area contributed by atoms with Crippen LogP contribution in [0.1, 0.15) is 36.5 Å². The number of amides is 1. The number of rotatable bonds is 5. The van der Waals surface area contributed by atoms with Crippen molar-refractivity contribution in [2.24, 2.45) is 11.8 Å². The monoisotopic (exact) mass is 532 g/mol. The number of aliphatic hydroxyl groups is 1. The van der Waals surface area contributed by atoms with Gasteiger partial charge in [-0.2, -0.15) is 0 Å². The Morgan fingerprint density at radius 3 is 2.33 bits per heavy atom. The van der Waals surface area contributed by atoms with E-state index in [1.165, 1.54) is 30.6 Å². The van der Waals surface area contributed by atoms with Crippen molar-refractivity contribution < 1.29 is 27.1 Å². The highest BCUT2D eigenvalue weighted by Crippen LogP contribution is 2.55. The quantitative estimate of drug-likeness (QED) is 0.467. The summed E-state index contributed by atoms with van der Waals surface area (Å²) in [5.74, 6) is -3.12. The molecule has 2 atom stereocenters. The summed E-state index contributed by atoms with van der Waals surface area (Å²) < 4.78 is 54.3. The van der Waals surface area contributed by atoms with Crippen molar-refractivity contribution >= 4 is 33.0 Å². The number of aromatic nitrogens is 1. The Bertz CT molecular complexity index is 1450. The first kappa shape index (κ1) is 24.8. The number of hydrogen-bond donors (Lipinski definition) is 2. The van der Waals surface area contributed by atoms with Crippen LogP contribution in [-0.2, 0) is 9.84 Å². The summed E-state index contributed by atoms with van der Waals surface area (Å²) in [6.45, 7) is 1.74. The van der Waals surface area contributed by atoms with E-state index in [1.54, 1.807) is 19.1 Å². The highest BCUT2D eigenvalue weighted by atomic mass is 35.5. The van der Waals surface area contributed by atoms with E-state index in [0.717, 1.165) is 18.6 Å². The molecule has 2 aromatic carbocycles. The van der Waals surface area contributed by atoms with Gasteiger partial charge in [0.05, 0.1) is 20.8 Å². The Balaban J connectivity index is 1.56. The van der Waals surface area contributed by atoms with Gasteiger partial charge in [-0.15, -0.1) is 0 Å². The number of anilines is 1. The van der Waals surface area contributed by atoms with Crippen LogP contribution >= 0.6 is 11.6 Å². The average Bonchev–Trinajstić information content (AvgIpc) is 2.86. The van der Waals surface area contributed by atoms with Gasteiger partial charge in [-0.25, -0.2) is 17.2 Å². The zero-order valence-electron chi connectivity index (χ0n) is 19.2. The number of carbonyl (C=O) groups excluding carboxylic acids is 1. The van der Waals surface area contributed by atoms with E-state index in [9.17, 15) is 27.1 Å². The molecule has 1 aromatic heterocycles. The second-order valence-corrected chi connectivity index (χ2v) is 12.2. The lowest BCUT2D eigenvalue weighted by atomic mass is 9.54. The van der Waals surface area contributed by atoms with Crippen molar-refractivity contribution in [1.82, 2.24) is 4.98 Å². The van der Waals surface area contributed by atoms with Gasteiger partial charge in [0.2, 0.25) is 0 Å². The highest BCUT2D eigenvalue weighted by Gasteiger charge is 2.57. The number of nitrogens with one attached hydrogen (secondary N) is 1. The SMILES string of the molecule is CC1(O)C2CC1CC(S(=O)(=O)c1cc(C(=O)Nc3ccc(F)c(F)c3)c(-c3ccncc3)cc1Cl)C2. The summed E-state index contributed by atoms with van der Waals surface area (Å²) in [7, 11) is -3.93. The van der Waals surface area contributed by atoms with E-state index in [0.29, 0.717) is 24.0 Å². The topological polar surface area (TPSA) is 96.4 Å². The van der Waals surface area contributed by atoms with Gasteiger partial charge < -0.3 is 10.4 Å². The lowest BCUT2D eigenvalue weighted by Crippen LogP contribution is -2.60. The van der Waals surface area contributed by atoms with Gasteiger partial charge in [0, 0.05) is 29.7 Å². The number of benzene rings is 2. The molecule has 0 spiro atoms. The van der Waals surface area contributed by atoms with Crippen LogP contribution in [0.3, 0.4) is 0 Å². The molecule has 10 heteroatoms. The summed E-state index contributed by atoms with van der Waals surface area (Å²) in [4.78, 5) is 17.1. The van der Waals surface area contributed by atoms with Crippen LogP contribution in [0.4, 0.5) is 14.5 Å². The fourth-order valence-corrected chi connectivity index (χ4v) is 7.76. The zero-order valence-corrected chi connectivity index (χ0v) is 20.8. The Morgan fingerprint density at radius 2 is 1.72 bits per heavy atom. The molecule has 2 bridgehead atoms. The van der Waals surface area contributed by atoms with E-state index in [2.05, 4.69) is 10.3 Å². The summed E-state index contributed by atoms with van der Waals surface area (Å²) in [6.07, 6.45) is 4.45. The first-order valence-corrected chi connectivity index (χ1v) is 13.4. The number of nitrogens with zero attached hydrogens (tertiary/aromatic N) is 1. The standard InChI is InChI=1S/C26H23ClF2N2O4S/c1-26(33)15-8-16(26)10-18(9-15)36(34,35)24-13-20(19(12-21(24)27)14-4-6-30-7-5-14)25(32)31-17-2-3-22(28)23(29)11-17/h2-7,11-13,15-16,18,33H,8-10H2,1H3,(H,31,32). The molecule has 3 aliphatic carbocycles. The number of halogens is 3. The first-order valence-electron chi connectivity index (χ1n) is 11.4. The Morgan fingerprint density at radius 1 is 1.06 bits per heavy atom. The molecule has 0 saturated heterocycles. The molecule has 0 aliphatic heterocycles. The van der Waals surface area contributed by atoms with Crippen molar-refractivity contribution in [2.45, 2.75) is 41.9 Å². The predicted octanol–water partition coefficient (Wildman–Crippen LogP) is 5.26. The maximum Gasteiger partial charge on any atom is 0.256 e. The Hall–Kier alpha value is -2.88. The normalized spacial score (nSPS) is 25.2. The first-order chi connectivity index (χ1) is 17.0. The maximum atomic E-state index is 13.7. The van der Waals surface area contributed by atoms with Gasteiger partial charge in [0.1, 0.15) is 0 Å². The molecule has 6 rings (SSSR count). The lowest BCUT2D eigenvalue weighted by Gasteiger charge is -2.56. The number of sulfone groups is 1. The van der Waals surface area contributed by atoms with E-state index in [1.807, 2.05) is 0 Å². The lowest BCUT2D eigenvalue weighted by molar-refractivity contribution is -0.162. The van der Waals surface area contributed by atoms with Crippen LogP contribution in [0.2, 0.25) is 5.02 Å². The molecule has 188 valence electrons. The number of pyridine rings is 1. The molecule has 2 N–H and O–H groups in total. The molecule has 1 heterocycles. The third-order valence-electron chi connectivity index (χ3n) is 7.55. The summed E-state index contributed by atoms with van der Waals surface area (Å²) in [6, 6.07) is 8.87. The minimum Gasteiger partial charge on any atom is -0.390 e. The van der Waals surface area contributed by atoms with Crippen molar-refractivity contribution in [1.29, 1.82) is 0 Å². The molecule has 3 fully saturated rings. The number of carbonyl (C=O) groups is 1. The van der Waals surface area contributed by atoms with Crippen LogP contribution < -0.4 is 5.32 Å². The van der Waals surface area contributed by atoms with Gasteiger partial charge in [0.15, 0.2) is 21.5 Å². The molecule has 3 saturated carbocycles. The van der Waals surface area contributed by atoms with E-state index >= 15 is 0 Å². The van der Waals surface area contributed by atoms with Crippen LogP contribution in [0.15, 0.2) is 59.8 Å². The maximum absolute atomic E-state index is 13.7. The molecule has 36 heavy (non-hydrogen) atoms. The zero-order chi connectivity index (χ0) is 25.8. The average molecular weight is 533 g/mol. The molecule has 1 amide bonds. The van der Waals surface area contributed by atoms with Crippen LogP contribution in [0.25, 0.3) is 11.1 Å². The summed E-state index contributed by atoms with van der Waals surface area (Å²) in [5.41, 5.74) is 0.0729. The molecule has 3 aromatic rings. The Labute approximate surface area is 212 Å². The molecule has 0 radical (unpaired) electrons. The third-order valence-corrected chi connectivity index (χ3v) is 10.2. The van der Waals surface area contributed by atoms with Crippen LogP contribution in [-0.4, -0.2) is 35.3 Å². The van der Waals surface area contributed by atoms with E-state index in [4.69, 9.17) is 11.6 Å². The Kier molecular flexibility index (Phi) is 6.13. The number of fused-ring (bicyclic) bond motifs is 2. The van der Waals surface area contributed by atoms with Gasteiger partial charge in [-0.05, 0) is 85.5 Å². The molecule has 6 nitrogen and oxygen atoms in total. The van der Waals surface area contributed by atoms with Crippen molar-refractivity contribution in [3.8, 4) is 11.1 Å². The minimum atomic E-state index is -3.93. The van der Waals surface area contributed by atoms with Gasteiger partial charge >= 0.3 is 0 Å². The van der Waals surface area contributed by atoms with Gasteiger partial charge in [-0.3, -0.25) is 9.78 Å². The summed E-state index contributed by atoms with van der Waals surface area (Å²) in [5, 5.41) is 12.3. The van der Waals surface area contributed by atoms with E-state index in [-0.39, 0.29) is 33.0 Å². The molecule has 2 unspecified atom stereocenters. The predicted molar refractivity (Wildman–Crippen MR) is 131 cm³/mol. The molecular formula is C26H23ClF2N2O4S. The largest absolute Gasteiger partial charge is 0.390 e. The minimum absolute atomic E-state index is 0.00173. The smallest absolute Gasteiger partial charge is 0.256 e. The van der Waals surface area contributed by atoms with Crippen molar-refractivity contribution in [3.05, 3.63) is 77.1 Å². The fraction of sp³-hybridized carbons (Fsp3) is 0.308. The van der Waals surface area contributed by atoms with Crippen molar-refractivity contribution in [3.63, 3.8) is 0 Å². The second kappa shape index (κ2) is 8.90. The third kappa shape index (κ3) is 4.19. The van der Waals surface area contributed by atoms with Crippen molar-refractivity contribution in [2.75, 3.05) is 5.32 Å². The van der Waals surface area contributed by atoms with Gasteiger partial charge in [-0.1, -0.05) is 11.6 Å². The van der Waals surface area contributed by atoms with E-state index < -0.39 is 38.2 Å². The molecular weight excluding hydrogens is 510 g/mol. The number of hydrogen-bond acceptors (Lipinski definition) is 5. The highest BCUT2D eigenvalue weighted by molar-refractivity contribution is 7.92. The molecule has 3 aliphatic rings. The van der Waals surface area contributed by atoms with Crippen LogP contribution in [0.5, 0.6) is 0 Å². The fourth-order valence-electron chi connectivity index (χ4n) is 5.33.